The number of hydrogen-bond acceptors (Lipinski definition) is 4. The topological polar surface area (TPSA) is 67.2 Å². The van der Waals surface area contributed by atoms with Crippen LogP contribution in [0.25, 0.3) is 5.65 Å². The van der Waals surface area contributed by atoms with E-state index in [-0.39, 0.29) is 48.1 Å². The Labute approximate surface area is 203 Å². The molecule has 8 heteroatoms. The van der Waals surface area contributed by atoms with Gasteiger partial charge in [-0.2, -0.15) is 20.0 Å². The minimum absolute atomic E-state index is 0. The third kappa shape index (κ3) is 5.95. The van der Waals surface area contributed by atoms with E-state index in [0.717, 1.165) is 34.6 Å². The van der Waals surface area contributed by atoms with Gasteiger partial charge < -0.3 is 10.1 Å². The zero-order chi connectivity index (χ0) is 20.7. The molecular weight excluding hydrogens is 452 g/mol. The monoisotopic (exact) mass is 484 g/mol. The fourth-order valence-corrected chi connectivity index (χ4v) is 3.13. The summed E-state index contributed by atoms with van der Waals surface area (Å²) in [4.78, 5) is 0. The molecule has 0 saturated heterocycles. The van der Waals surface area contributed by atoms with Crippen LogP contribution < -0.4 is 10.1 Å². The summed E-state index contributed by atoms with van der Waals surface area (Å²) in [5, 5.41) is 15.9. The molecule has 0 aliphatic heterocycles. The van der Waals surface area contributed by atoms with Crippen LogP contribution in [0.5, 0.6) is 5.75 Å². The summed E-state index contributed by atoms with van der Waals surface area (Å²) in [6.45, 7) is 17.5. The summed E-state index contributed by atoms with van der Waals surface area (Å²) in [5.74, 6) is 1.74. The zero-order valence-corrected chi connectivity index (χ0v) is 22.0. The summed E-state index contributed by atoms with van der Waals surface area (Å²) in [5.41, 5.74) is 3.95. The number of aromatic nitrogens is 4. The maximum atomic E-state index is 5.90. The van der Waals surface area contributed by atoms with Crippen molar-refractivity contribution in [3.8, 4) is 5.75 Å². The van der Waals surface area contributed by atoms with Crippen LogP contribution in [0.2, 0.25) is 0 Å². The van der Waals surface area contributed by atoms with Gasteiger partial charge in [0.15, 0.2) is 11.5 Å². The Balaban J connectivity index is 0.00000225. The number of aryl methyl sites for hydroxylation is 1. The van der Waals surface area contributed by atoms with Gasteiger partial charge in [0.1, 0.15) is 0 Å². The molecule has 2 aromatic heterocycles. The third-order valence-electron chi connectivity index (χ3n) is 4.81. The smallest absolute Gasteiger partial charge is 0.177 e. The first-order valence-electron chi connectivity index (χ1n) is 9.75. The molecule has 30 heavy (non-hydrogen) atoms. The van der Waals surface area contributed by atoms with Crippen molar-refractivity contribution in [2.75, 3.05) is 0 Å². The maximum absolute atomic E-state index is 5.90. The van der Waals surface area contributed by atoms with Gasteiger partial charge in [0.05, 0.1) is 11.3 Å². The summed E-state index contributed by atoms with van der Waals surface area (Å²) < 4.78 is 7.88. The van der Waals surface area contributed by atoms with Gasteiger partial charge in [-0.25, -0.2) is 4.52 Å². The summed E-state index contributed by atoms with van der Waals surface area (Å²) >= 11 is 0. The summed E-state index contributed by atoms with van der Waals surface area (Å²) in [7, 11) is 0. The van der Waals surface area contributed by atoms with Gasteiger partial charge >= 0.3 is 0 Å². The van der Waals surface area contributed by atoms with Crippen molar-refractivity contribution in [2.24, 2.45) is 0 Å². The second kappa shape index (κ2) is 9.97. The van der Waals surface area contributed by atoms with E-state index in [0.29, 0.717) is 6.54 Å². The molecule has 2 radical (unpaired) electrons. The molecule has 0 fully saturated rings. The van der Waals surface area contributed by atoms with Crippen molar-refractivity contribution in [3.05, 3.63) is 53.0 Å². The predicted octanol–water partition coefficient (Wildman–Crippen LogP) is 4.63. The molecule has 3 aromatic rings. The van der Waals surface area contributed by atoms with Crippen LogP contribution in [-0.4, -0.2) is 19.8 Å². The Morgan fingerprint density at radius 2 is 1.73 bits per heavy atom. The van der Waals surface area contributed by atoms with Crippen molar-refractivity contribution in [3.63, 3.8) is 0 Å². The van der Waals surface area contributed by atoms with E-state index in [1.54, 1.807) is 0 Å². The molecule has 0 amide bonds. The molecule has 0 aliphatic carbocycles. The van der Waals surface area contributed by atoms with E-state index >= 15 is 0 Å². The maximum Gasteiger partial charge on any atom is 0.177 e. The Bertz CT molecular complexity index is 970. The second-order valence-electron chi connectivity index (χ2n) is 9.24. The minimum atomic E-state index is -0.384. The zero-order valence-electron chi connectivity index (χ0n) is 19.2. The van der Waals surface area contributed by atoms with Crippen LogP contribution in [0.15, 0.2) is 24.3 Å². The van der Waals surface area contributed by atoms with Gasteiger partial charge in [-0.3, -0.25) is 5.10 Å². The molecule has 162 valence electrons. The Hall–Kier alpha value is -1.17. The van der Waals surface area contributed by atoms with Crippen LogP contribution >= 0.6 is 0 Å². The molecule has 1 aromatic carbocycles. The van der Waals surface area contributed by atoms with E-state index in [2.05, 4.69) is 80.4 Å². The van der Waals surface area contributed by atoms with Gasteiger partial charge in [-0.1, -0.05) is 38.5 Å². The predicted molar refractivity (Wildman–Crippen MR) is 112 cm³/mol. The largest absolute Gasteiger partial charge is 0.660 e. The molecule has 0 atom stereocenters. The van der Waals surface area contributed by atoms with Crippen LogP contribution in [0.4, 0.5) is 0 Å². The molecule has 6 nitrogen and oxygen atoms in total. The molecule has 0 bridgehead atoms. The van der Waals surface area contributed by atoms with Crippen molar-refractivity contribution in [1.29, 1.82) is 0 Å². The normalized spacial score (nSPS) is 12.0. The SMILES string of the molecule is Cc1ccc(O[C-](C)C)c(CNC(C)(C)c2nnc3cc(C(C)(C)C)[nH]n23)c1.[V].[V]. The van der Waals surface area contributed by atoms with Crippen molar-refractivity contribution in [1.82, 2.24) is 25.1 Å². The fourth-order valence-electron chi connectivity index (χ4n) is 3.13. The number of nitrogens with zero attached hydrogens (tertiary/aromatic N) is 3. The van der Waals surface area contributed by atoms with E-state index in [1.165, 1.54) is 5.56 Å². The van der Waals surface area contributed by atoms with Gasteiger partial charge in [0, 0.05) is 66.4 Å². The molecule has 0 unspecified atom stereocenters. The average molecular weight is 484 g/mol. The minimum Gasteiger partial charge on any atom is -0.660 e. The van der Waals surface area contributed by atoms with Crippen molar-refractivity contribution in [2.45, 2.75) is 72.9 Å². The summed E-state index contributed by atoms with van der Waals surface area (Å²) in [6.07, 6.45) is 0.921. The van der Waals surface area contributed by atoms with Gasteiger partial charge in [0.25, 0.3) is 0 Å². The molecule has 0 spiro atoms. The number of aromatic amines is 1. The van der Waals surface area contributed by atoms with E-state index < -0.39 is 0 Å². The van der Waals surface area contributed by atoms with Crippen LogP contribution in [0, 0.1) is 13.0 Å². The van der Waals surface area contributed by atoms with Crippen LogP contribution in [0.3, 0.4) is 0 Å². The standard InChI is InChI=1S/C22H32N5O.2V/c1-14(2)28-17-10-9-15(3)11-16(17)13-23-22(7,8)20-25-24-19-12-18(21(4,5)6)26-27(19)20;;/h9-12,23,26H,13H2,1-8H3;;/q-1;;. The first-order chi connectivity index (χ1) is 13.0. The Morgan fingerprint density at radius 3 is 2.33 bits per heavy atom. The Morgan fingerprint density at radius 1 is 1.07 bits per heavy atom. The quantitative estimate of drug-likeness (QED) is 0.501. The van der Waals surface area contributed by atoms with Crippen LogP contribution in [0.1, 0.15) is 71.1 Å². The van der Waals surface area contributed by atoms with Crippen LogP contribution in [-0.2, 0) is 54.6 Å². The van der Waals surface area contributed by atoms with E-state index in [9.17, 15) is 0 Å². The number of nitrogens with one attached hydrogen (secondary N) is 2. The fraction of sp³-hybridized carbons (Fsp3) is 0.500. The van der Waals surface area contributed by atoms with Crippen molar-refractivity contribution >= 4 is 5.65 Å². The van der Waals surface area contributed by atoms with Crippen molar-refractivity contribution < 1.29 is 41.8 Å². The molecule has 0 saturated carbocycles. The number of fused-ring (bicyclic) bond motifs is 1. The number of H-pyrrole nitrogens is 1. The average Bonchev–Trinajstić information content (AvgIpc) is 3.14. The molecule has 2 N–H and O–H groups in total. The van der Waals surface area contributed by atoms with Gasteiger partial charge in [-0.05, 0) is 26.8 Å². The van der Waals surface area contributed by atoms with Gasteiger partial charge in [0.2, 0.25) is 0 Å². The molecule has 3 rings (SSSR count). The first kappa shape index (κ1) is 26.9. The van der Waals surface area contributed by atoms with E-state index in [1.807, 2.05) is 24.4 Å². The summed E-state index contributed by atoms with van der Waals surface area (Å²) in [6, 6.07) is 8.33. The number of benzene rings is 1. The number of rotatable bonds is 6. The number of ether oxygens (including phenoxy) is 1. The first-order valence-corrected chi connectivity index (χ1v) is 9.75. The molecule has 0 aliphatic rings. The Kier molecular flexibility index (Phi) is 8.93. The van der Waals surface area contributed by atoms with Gasteiger partial charge in [-0.15, -0.1) is 10.2 Å². The third-order valence-corrected chi connectivity index (χ3v) is 4.81. The number of hydrogen-bond donors (Lipinski definition) is 2. The van der Waals surface area contributed by atoms with E-state index in [4.69, 9.17) is 4.74 Å². The second-order valence-corrected chi connectivity index (χ2v) is 9.24. The molecular formula is C22H32N5OV2-. The molecule has 2 heterocycles.